The molecule has 1 aromatic rings. The predicted molar refractivity (Wildman–Crippen MR) is 81.8 cm³/mol. The molecule has 3 rings (SSSR count). The Morgan fingerprint density at radius 3 is 2.52 bits per heavy atom. The zero-order valence-corrected chi connectivity index (χ0v) is 13.1. The first kappa shape index (κ1) is 14.5. The lowest BCUT2D eigenvalue weighted by Crippen LogP contribution is -2.51. The Balaban J connectivity index is 1.79. The van der Waals surface area contributed by atoms with E-state index in [0.29, 0.717) is 18.0 Å². The maximum absolute atomic E-state index is 12.9. The van der Waals surface area contributed by atoms with Crippen LogP contribution in [0.25, 0.3) is 0 Å². The summed E-state index contributed by atoms with van der Waals surface area (Å²) in [5.41, 5.74) is 1.55. The van der Waals surface area contributed by atoms with Crippen LogP contribution in [-0.2, 0) is 0 Å². The van der Waals surface area contributed by atoms with Crippen molar-refractivity contribution < 1.29 is 9.53 Å². The molecule has 0 aliphatic carbocycles. The number of hydrogen-bond donors (Lipinski definition) is 0. The fourth-order valence-corrected chi connectivity index (χ4v) is 3.96. The van der Waals surface area contributed by atoms with Crippen molar-refractivity contribution in [2.75, 3.05) is 14.2 Å². The molecule has 0 saturated carbocycles. The average molecular weight is 288 g/mol. The van der Waals surface area contributed by atoms with Crippen LogP contribution in [0, 0.1) is 12.8 Å². The zero-order valence-electron chi connectivity index (χ0n) is 13.1. The molecule has 2 bridgehead atoms. The minimum atomic E-state index is 0.158. The quantitative estimate of drug-likeness (QED) is 0.802. The van der Waals surface area contributed by atoms with Crippen molar-refractivity contribution in [2.45, 2.75) is 51.1 Å². The van der Waals surface area contributed by atoms with Gasteiger partial charge in [0.15, 0.2) is 5.78 Å². The summed E-state index contributed by atoms with van der Waals surface area (Å²) < 4.78 is 5.12. The standard InChI is InChI=1S/C17H24N2O2/c1-11-15(7-8-16(18-11)21-3)17(20)12-9-13-5-4-6-14(10-12)19(13)2/h7-8,12-14H,4-6,9-10H2,1-3H3. The maximum Gasteiger partial charge on any atom is 0.213 e. The number of carbonyl (C=O) groups is 1. The van der Waals surface area contributed by atoms with Crippen LogP contribution in [0.2, 0.25) is 0 Å². The van der Waals surface area contributed by atoms with E-state index in [1.165, 1.54) is 19.3 Å². The second kappa shape index (κ2) is 5.76. The molecule has 2 aliphatic rings. The number of carbonyl (C=O) groups excluding carboxylic acids is 1. The predicted octanol–water partition coefficient (Wildman–Crippen LogP) is 2.84. The maximum atomic E-state index is 12.9. The number of methoxy groups -OCH3 is 1. The smallest absolute Gasteiger partial charge is 0.213 e. The van der Waals surface area contributed by atoms with E-state index in [9.17, 15) is 4.79 Å². The number of ether oxygens (including phenoxy) is 1. The Hall–Kier alpha value is -1.42. The van der Waals surface area contributed by atoms with Crippen molar-refractivity contribution in [3.05, 3.63) is 23.4 Å². The van der Waals surface area contributed by atoms with Crippen molar-refractivity contribution in [1.29, 1.82) is 0 Å². The van der Waals surface area contributed by atoms with E-state index in [4.69, 9.17) is 4.74 Å². The summed E-state index contributed by atoms with van der Waals surface area (Å²) in [5, 5.41) is 0. The molecule has 2 saturated heterocycles. The number of aryl methyl sites for hydroxylation is 1. The number of fused-ring (bicyclic) bond motifs is 2. The Kier molecular flexibility index (Phi) is 3.98. The van der Waals surface area contributed by atoms with E-state index in [2.05, 4.69) is 16.9 Å². The molecule has 2 fully saturated rings. The molecule has 0 aromatic carbocycles. The number of rotatable bonds is 3. The van der Waals surface area contributed by atoms with E-state index < -0.39 is 0 Å². The van der Waals surface area contributed by atoms with Crippen LogP contribution in [-0.4, -0.2) is 41.9 Å². The number of nitrogens with zero attached hydrogens (tertiary/aromatic N) is 2. The summed E-state index contributed by atoms with van der Waals surface area (Å²) in [6.07, 6.45) is 5.77. The molecular weight excluding hydrogens is 264 g/mol. The molecule has 4 nitrogen and oxygen atoms in total. The fourth-order valence-electron chi connectivity index (χ4n) is 3.96. The number of hydrogen-bond acceptors (Lipinski definition) is 4. The largest absolute Gasteiger partial charge is 0.481 e. The zero-order chi connectivity index (χ0) is 15.0. The third kappa shape index (κ3) is 2.69. The van der Waals surface area contributed by atoms with Gasteiger partial charge in [-0.1, -0.05) is 6.42 Å². The third-order valence-electron chi connectivity index (χ3n) is 5.25. The molecule has 2 atom stereocenters. The minimum Gasteiger partial charge on any atom is -0.481 e. The van der Waals surface area contributed by atoms with Crippen LogP contribution in [0.1, 0.15) is 48.2 Å². The molecule has 0 spiro atoms. The van der Waals surface area contributed by atoms with E-state index in [0.717, 1.165) is 24.1 Å². The highest BCUT2D eigenvalue weighted by molar-refractivity contribution is 5.99. The van der Waals surface area contributed by atoms with Crippen LogP contribution in [0.4, 0.5) is 0 Å². The van der Waals surface area contributed by atoms with Gasteiger partial charge < -0.3 is 9.64 Å². The van der Waals surface area contributed by atoms with Gasteiger partial charge in [0.2, 0.25) is 5.88 Å². The summed E-state index contributed by atoms with van der Waals surface area (Å²) in [7, 11) is 3.82. The molecule has 4 heteroatoms. The highest BCUT2D eigenvalue weighted by Gasteiger charge is 2.39. The normalized spacial score (nSPS) is 29.2. The van der Waals surface area contributed by atoms with Crippen molar-refractivity contribution in [3.63, 3.8) is 0 Å². The molecule has 0 amide bonds. The molecule has 114 valence electrons. The summed E-state index contributed by atoms with van der Waals surface area (Å²) in [6, 6.07) is 4.82. The summed E-state index contributed by atoms with van der Waals surface area (Å²) in [5.74, 6) is 1.00. The van der Waals surface area contributed by atoms with Crippen LogP contribution >= 0.6 is 0 Å². The molecular formula is C17H24N2O2. The van der Waals surface area contributed by atoms with E-state index in [-0.39, 0.29) is 11.7 Å². The molecule has 2 unspecified atom stereocenters. The third-order valence-corrected chi connectivity index (χ3v) is 5.25. The highest BCUT2D eigenvalue weighted by atomic mass is 16.5. The first-order chi connectivity index (χ1) is 10.1. The average Bonchev–Trinajstić information content (AvgIpc) is 2.46. The molecule has 0 N–H and O–H groups in total. The van der Waals surface area contributed by atoms with Gasteiger partial charge in [-0.25, -0.2) is 4.98 Å². The van der Waals surface area contributed by atoms with Crippen LogP contribution in [0.15, 0.2) is 12.1 Å². The topological polar surface area (TPSA) is 42.4 Å². The Morgan fingerprint density at radius 1 is 1.29 bits per heavy atom. The van der Waals surface area contributed by atoms with Crippen LogP contribution in [0.5, 0.6) is 5.88 Å². The highest BCUT2D eigenvalue weighted by Crippen LogP contribution is 2.37. The SMILES string of the molecule is COc1ccc(C(=O)C2CC3CCCC(C2)N3C)c(C)n1. The van der Waals surface area contributed by atoms with Crippen LogP contribution < -0.4 is 4.74 Å². The van der Waals surface area contributed by atoms with Gasteiger partial charge >= 0.3 is 0 Å². The van der Waals surface area contributed by atoms with Crippen molar-refractivity contribution in [2.24, 2.45) is 5.92 Å². The fraction of sp³-hybridized carbons (Fsp3) is 0.647. The van der Waals surface area contributed by atoms with E-state index in [1.807, 2.05) is 13.0 Å². The lowest BCUT2D eigenvalue weighted by molar-refractivity contribution is 0.0338. The number of piperidine rings is 2. The van der Waals surface area contributed by atoms with Gasteiger partial charge in [0.25, 0.3) is 0 Å². The van der Waals surface area contributed by atoms with Gasteiger partial charge in [-0.2, -0.15) is 0 Å². The summed E-state index contributed by atoms with van der Waals surface area (Å²) in [4.78, 5) is 19.7. The Labute approximate surface area is 126 Å². The van der Waals surface area contributed by atoms with Gasteiger partial charge in [0.05, 0.1) is 12.8 Å². The van der Waals surface area contributed by atoms with Gasteiger partial charge in [-0.05, 0) is 45.7 Å². The molecule has 2 aliphatic heterocycles. The Bertz CT molecular complexity index is 530. The van der Waals surface area contributed by atoms with Gasteiger partial charge in [0.1, 0.15) is 0 Å². The second-order valence-corrected chi connectivity index (χ2v) is 6.42. The van der Waals surface area contributed by atoms with Crippen LogP contribution in [0.3, 0.4) is 0 Å². The van der Waals surface area contributed by atoms with Crippen molar-refractivity contribution >= 4 is 5.78 Å². The lowest BCUT2D eigenvalue weighted by atomic mass is 9.76. The van der Waals surface area contributed by atoms with Gasteiger partial charge in [-0.15, -0.1) is 0 Å². The molecule has 21 heavy (non-hydrogen) atoms. The van der Waals surface area contributed by atoms with Crippen molar-refractivity contribution in [3.8, 4) is 5.88 Å². The van der Waals surface area contributed by atoms with Gasteiger partial charge in [0, 0.05) is 29.6 Å². The second-order valence-electron chi connectivity index (χ2n) is 6.42. The summed E-state index contributed by atoms with van der Waals surface area (Å²) in [6.45, 7) is 1.89. The first-order valence-electron chi connectivity index (χ1n) is 7.88. The molecule has 3 heterocycles. The minimum absolute atomic E-state index is 0.158. The number of aromatic nitrogens is 1. The van der Waals surface area contributed by atoms with E-state index in [1.54, 1.807) is 13.2 Å². The molecule has 1 aromatic heterocycles. The number of ketones is 1. The number of pyridine rings is 1. The van der Waals surface area contributed by atoms with E-state index >= 15 is 0 Å². The monoisotopic (exact) mass is 288 g/mol. The molecule has 0 radical (unpaired) electrons. The number of Topliss-reactive ketones (excluding diaryl/α,β-unsaturated/α-hetero) is 1. The summed E-state index contributed by atoms with van der Waals surface area (Å²) >= 11 is 0. The van der Waals surface area contributed by atoms with Crippen molar-refractivity contribution in [1.82, 2.24) is 9.88 Å². The Morgan fingerprint density at radius 2 is 1.95 bits per heavy atom. The first-order valence-corrected chi connectivity index (χ1v) is 7.88. The lowest BCUT2D eigenvalue weighted by Gasteiger charge is -2.46. The van der Waals surface area contributed by atoms with Gasteiger partial charge in [-0.3, -0.25) is 4.79 Å².